The third kappa shape index (κ3) is 5.44. The van der Waals surface area contributed by atoms with Gasteiger partial charge in [0.25, 0.3) is 0 Å². The Bertz CT molecular complexity index is 430. The molecule has 3 N–H and O–H groups in total. The zero-order valence-corrected chi connectivity index (χ0v) is 13.3. The van der Waals surface area contributed by atoms with E-state index < -0.39 is 0 Å². The molecular weight excluding hydrogens is 264 g/mol. The summed E-state index contributed by atoms with van der Waals surface area (Å²) >= 11 is 0. The summed E-state index contributed by atoms with van der Waals surface area (Å²) in [5.74, 6) is 0.846. The van der Waals surface area contributed by atoms with Gasteiger partial charge in [0.15, 0.2) is 0 Å². The first-order valence-corrected chi connectivity index (χ1v) is 7.85. The van der Waals surface area contributed by atoms with Crippen LogP contribution in [0.4, 0.5) is 11.4 Å². The molecule has 0 saturated carbocycles. The third-order valence-electron chi connectivity index (χ3n) is 3.75. The molecule has 0 aliphatic carbocycles. The van der Waals surface area contributed by atoms with Gasteiger partial charge in [-0.2, -0.15) is 0 Å². The predicted octanol–water partition coefficient (Wildman–Crippen LogP) is 1.72. The second-order valence-electron chi connectivity index (χ2n) is 5.71. The van der Waals surface area contributed by atoms with Crippen molar-refractivity contribution >= 4 is 11.4 Å². The number of likely N-dealkylation sites (N-methyl/N-ethyl adjacent to an activating group) is 1. The van der Waals surface area contributed by atoms with Crippen LogP contribution < -0.4 is 15.8 Å². The van der Waals surface area contributed by atoms with Crippen molar-refractivity contribution in [2.45, 2.75) is 13.3 Å². The van der Waals surface area contributed by atoms with Crippen LogP contribution in [0, 0.1) is 0 Å². The first-order valence-electron chi connectivity index (χ1n) is 7.85. The molecule has 5 nitrogen and oxygen atoms in total. The number of hydrogen-bond acceptors (Lipinski definition) is 5. The minimum atomic E-state index is 0.726. The Balaban J connectivity index is 1.78. The highest BCUT2D eigenvalue weighted by Crippen LogP contribution is 2.22. The fraction of sp³-hybridized carbons (Fsp3) is 0.625. The van der Waals surface area contributed by atoms with Gasteiger partial charge < -0.3 is 20.7 Å². The first-order chi connectivity index (χ1) is 10.2. The lowest BCUT2D eigenvalue weighted by Gasteiger charge is -2.32. The number of piperazine rings is 1. The number of nitrogens with zero attached hydrogens (tertiary/aromatic N) is 2. The Labute approximate surface area is 128 Å². The molecule has 1 heterocycles. The molecule has 0 aromatic heterocycles. The Morgan fingerprint density at radius 2 is 1.95 bits per heavy atom. The van der Waals surface area contributed by atoms with E-state index in [1.165, 1.54) is 0 Å². The summed E-state index contributed by atoms with van der Waals surface area (Å²) in [5.41, 5.74) is 7.70. The topological polar surface area (TPSA) is 53.8 Å². The molecule has 1 aliphatic rings. The summed E-state index contributed by atoms with van der Waals surface area (Å²) in [6.07, 6.45) is 1.00. The van der Waals surface area contributed by atoms with Crippen LogP contribution in [0.5, 0.6) is 5.75 Å². The Morgan fingerprint density at radius 3 is 2.67 bits per heavy atom. The lowest BCUT2D eigenvalue weighted by Crippen LogP contribution is -2.45. The molecule has 5 heteroatoms. The highest BCUT2D eigenvalue weighted by Gasteiger charge is 2.12. The minimum Gasteiger partial charge on any atom is -0.493 e. The summed E-state index contributed by atoms with van der Waals surface area (Å²) in [5, 5.41) is 3.45. The molecule has 118 valence electrons. The van der Waals surface area contributed by atoms with Crippen molar-refractivity contribution in [3.8, 4) is 5.75 Å². The molecule has 21 heavy (non-hydrogen) atoms. The highest BCUT2D eigenvalue weighted by atomic mass is 16.5. The van der Waals surface area contributed by atoms with Gasteiger partial charge in [0.1, 0.15) is 5.75 Å². The lowest BCUT2D eigenvalue weighted by molar-refractivity contribution is 0.158. The Hall–Kier alpha value is -1.46. The largest absolute Gasteiger partial charge is 0.493 e. The normalized spacial score (nSPS) is 16.9. The number of rotatable bonds is 7. The van der Waals surface area contributed by atoms with Crippen LogP contribution in [-0.4, -0.2) is 62.7 Å². The second-order valence-corrected chi connectivity index (χ2v) is 5.71. The SMILES string of the molecule is CCCOc1cc(N)cc(NCCN2CCN(C)CC2)c1. The maximum atomic E-state index is 5.93. The second kappa shape index (κ2) is 8.10. The Morgan fingerprint density at radius 1 is 1.19 bits per heavy atom. The van der Waals surface area contributed by atoms with Crippen LogP contribution in [0.1, 0.15) is 13.3 Å². The van der Waals surface area contributed by atoms with Crippen LogP contribution in [-0.2, 0) is 0 Å². The van der Waals surface area contributed by atoms with Crippen molar-refractivity contribution < 1.29 is 4.74 Å². The number of anilines is 2. The molecule has 1 saturated heterocycles. The van der Waals surface area contributed by atoms with Gasteiger partial charge in [-0.05, 0) is 19.5 Å². The van der Waals surface area contributed by atoms with Gasteiger partial charge in [0.05, 0.1) is 6.61 Å². The van der Waals surface area contributed by atoms with E-state index >= 15 is 0 Å². The van der Waals surface area contributed by atoms with E-state index in [2.05, 4.69) is 29.1 Å². The van der Waals surface area contributed by atoms with Crippen LogP contribution in [0.15, 0.2) is 18.2 Å². The number of nitrogen functional groups attached to an aromatic ring is 1. The van der Waals surface area contributed by atoms with Crippen molar-refractivity contribution in [1.29, 1.82) is 0 Å². The number of nitrogens with one attached hydrogen (secondary N) is 1. The molecule has 0 unspecified atom stereocenters. The van der Waals surface area contributed by atoms with Gasteiger partial charge >= 0.3 is 0 Å². The van der Waals surface area contributed by atoms with E-state index in [0.717, 1.165) is 69.4 Å². The third-order valence-corrected chi connectivity index (χ3v) is 3.75. The highest BCUT2D eigenvalue weighted by molar-refractivity contribution is 5.59. The summed E-state index contributed by atoms with van der Waals surface area (Å²) in [4.78, 5) is 4.87. The average molecular weight is 292 g/mol. The smallest absolute Gasteiger partial charge is 0.123 e. The van der Waals surface area contributed by atoms with Crippen molar-refractivity contribution in [3.63, 3.8) is 0 Å². The number of hydrogen-bond donors (Lipinski definition) is 2. The fourth-order valence-corrected chi connectivity index (χ4v) is 2.46. The molecule has 1 aromatic carbocycles. The molecule has 1 aliphatic heterocycles. The van der Waals surface area contributed by atoms with E-state index in [9.17, 15) is 0 Å². The minimum absolute atomic E-state index is 0.726. The van der Waals surface area contributed by atoms with Gasteiger partial charge in [-0.15, -0.1) is 0 Å². The zero-order chi connectivity index (χ0) is 15.1. The molecule has 0 atom stereocenters. The van der Waals surface area contributed by atoms with Crippen molar-refractivity contribution in [2.75, 3.05) is 64.0 Å². The van der Waals surface area contributed by atoms with Gasteiger partial charge in [-0.3, -0.25) is 4.90 Å². The molecule has 0 amide bonds. The van der Waals surface area contributed by atoms with Crippen molar-refractivity contribution in [3.05, 3.63) is 18.2 Å². The summed E-state index contributed by atoms with van der Waals surface area (Å²) < 4.78 is 5.65. The van der Waals surface area contributed by atoms with E-state index in [0.29, 0.717) is 0 Å². The maximum absolute atomic E-state index is 5.93. The van der Waals surface area contributed by atoms with E-state index in [-0.39, 0.29) is 0 Å². The van der Waals surface area contributed by atoms with E-state index in [1.54, 1.807) is 0 Å². The van der Waals surface area contributed by atoms with Crippen molar-refractivity contribution in [1.82, 2.24) is 9.80 Å². The first kappa shape index (κ1) is 15.9. The molecule has 1 aromatic rings. The lowest BCUT2D eigenvalue weighted by atomic mass is 10.2. The summed E-state index contributed by atoms with van der Waals surface area (Å²) in [7, 11) is 2.18. The van der Waals surface area contributed by atoms with Gasteiger partial charge in [-0.25, -0.2) is 0 Å². The summed E-state index contributed by atoms with van der Waals surface area (Å²) in [6, 6.07) is 5.86. The zero-order valence-electron chi connectivity index (χ0n) is 13.3. The molecular formula is C16H28N4O. The Kier molecular flexibility index (Phi) is 6.14. The summed E-state index contributed by atoms with van der Waals surface area (Å²) in [6.45, 7) is 9.44. The quantitative estimate of drug-likeness (QED) is 0.750. The number of benzene rings is 1. The van der Waals surface area contributed by atoms with Gasteiger partial charge in [0.2, 0.25) is 0 Å². The van der Waals surface area contributed by atoms with Crippen LogP contribution in [0.25, 0.3) is 0 Å². The van der Waals surface area contributed by atoms with Gasteiger partial charge in [0, 0.05) is 62.8 Å². The van der Waals surface area contributed by atoms with Crippen LogP contribution in [0.2, 0.25) is 0 Å². The van der Waals surface area contributed by atoms with E-state index in [1.807, 2.05) is 18.2 Å². The van der Waals surface area contributed by atoms with Crippen LogP contribution in [0.3, 0.4) is 0 Å². The van der Waals surface area contributed by atoms with E-state index in [4.69, 9.17) is 10.5 Å². The fourth-order valence-electron chi connectivity index (χ4n) is 2.46. The predicted molar refractivity (Wildman–Crippen MR) is 89.1 cm³/mol. The standard InChI is InChI=1S/C16H28N4O/c1-3-10-21-16-12-14(17)11-15(13-16)18-4-5-20-8-6-19(2)7-9-20/h11-13,18H,3-10,17H2,1-2H3. The van der Waals surface area contributed by atoms with Crippen molar-refractivity contribution in [2.24, 2.45) is 0 Å². The maximum Gasteiger partial charge on any atom is 0.123 e. The monoisotopic (exact) mass is 292 g/mol. The van der Waals surface area contributed by atoms with Gasteiger partial charge in [-0.1, -0.05) is 6.92 Å². The molecule has 0 radical (unpaired) electrons. The van der Waals surface area contributed by atoms with Crippen LogP contribution >= 0.6 is 0 Å². The molecule has 0 spiro atoms. The molecule has 1 fully saturated rings. The number of ether oxygens (including phenoxy) is 1. The average Bonchev–Trinajstić information content (AvgIpc) is 2.47. The number of nitrogens with two attached hydrogens (primary N) is 1. The molecule has 2 rings (SSSR count). The molecule has 0 bridgehead atoms.